The third-order valence-electron chi connectivity index (χ3n) is 6.91. The Hall–Kier alpha value is -2.48. The van der Waals surface area contributed by atoms with E-state index < -0.39 is 5.60 Å². The molecule has 8 heteroatoms. The first-order valence-corrected chi connectivity index (χ1v) is 10.4. The molecule has 2 N–H and O–H groups in total. The molecule has 1 aliphatic carbocycles. The molecule has 0 bridgehead atoms. The van der Waals surface area contributed by atoms with Gasteiger partial charge in [-0.05, 0) is 54.7 Å². The molecule has 4 aliphatic heterocycles. The van der Waals surface area contributed by atoms with E-state index in [1.165, 1.54) is 0 Å². The average Bonchev–Trinajstić information content (AvgIpc) is 3.17. The molecule has 3 amide bonds. The first kappa shape index (κ1) is 18.5. The van der Waals surface area contributed by atoms with Crippen molar-refractivity contribution in [1.82, 2.24) is 20.4 Å². The average molecular weight is 400 g/mol. The van der Waals surface area contributed by atoms with Crippen molar-refractivity contribution in [2.45, 2.75) is 31.8 Å². The molecule has 1 unspecified atom stereocenters. The lowest BCUT2D eigenvalue weighted by Crippen LogP contribution is -2.53. The first-order chi connectivity index (χ1) is 14.0. The van der Waals surface area contributed by atoms with E-state index in [1.807, 2.05) is 36.5 Å². The van der Waals surface area contributed by atoms with Crippen molar-refractivity contribution in [2.75, 3.05) is 39.4 Å². The minimum absolute atomic E-state index is 0.0415. The second-order valence-electron chi connectivity index (χ2n) is 9.13. The van der Waals surface area contributed by atoms with Gasteiger partial charge in [-0.2, -0.15) is 0 Å². The number of piperidine rings is 1. The number of allylic oxidation sites excluding steroid dienone is 1. The van der Waals surface area contributed by atoms with Gasteiger partial charge >= 0.3 is 12.1 Å². The molecule has 29 heavy (non-hydrogen) atoms. The van der Waals surface area contributed by atoms with Gasteiger partial charge in [-0.3, -0.25) is 4.90 Å². The van der Waals surface area contributed by atoms with Crippen molar-refractivity contribution in [2.24, 2.45) is 11.3 Å². The Morgan fingerprint density at radius 2 is 2.14 bits per heavy atom. The molecule has 0 aromatic heterocycles. The van der Waals surface area contributed by atoms with Gasteiger partial charge in [0, 0.05) is 38.2 Å². The summed E-state index contributed by atoms with van der Waals surface area (Å²) in [7, 11) is 0. The van der Waals surface area contributed by atoms with Crippen LogP contribution in [0.2, 0.25) is 0 Å². The van der Waals surface area contributed by atoms with Gasteiger partial charge in [0.1, 0.15) is 0 Å². The number of rotatable bonds is 3. The van der Waals surface area contributed by atoms with E-state index in [1.54, 1.807) is 4.90 Å². The molecule has 8 nitrogen and oxygen atoms in total. The summed E-state index contributed by atoms with van der Waals surface area (Å²) in [5.74, 6) is 0.500. The molecule has 4 heterocycles. The number of amides is 3. The van der Waals surface area contributed by atoms with Crippen molar-refractivity contribution in [1.29, 1.82) is 0 Å². The van der Waals surface area contributed by atoms with Crippen LogP contribution in [0.5, 0.6) is 0 Å². The van der Waals surface area contributed by atoms with Crippen LogP contribution in [-0.2, 0) is 9.47 Å². The van der Waals surface area contributed by atoms with E-state index in [0.29, 0.717) is 32.2 Å². The lowest BCUT2D eigenvalue weighted by atomic mass is 9.91. The normalized spacial score (nSPS) is 28.0. The predicted octanol–water partition coefficient (Wildman–Crippen LogP) is 1.92. The molecule has 5 rings (SSSR count). The Morgan fingerprint density at radius 1 is 1.34 bits per heavy atom. The fourth-order valence-corrected chi connectivity index (χ4v) is 4.77. The second kappa shape index (κ2) is 6.79. The van der Waals surface area contributed by atoms with Crippen LogP contribution in [0.4, 0.5) is 9.59 Å². The van der Waals surface area contributed by atoms with Gasteiger partial charge in [-0.1, -0.05) is 0 Å². The van der Waals surface area contributed by atoms with Crippen molar-refractivity contribution in [3.63, 3.8) is 0 Å². The van der Waals surface area contributed by atoms with Gasteiger partial charge in [-0.15, -0.1) is 0 Å². The number of carbonyl (C=O) groups excluding carboxylic acids is 2. The Morgan fingerprint density at radius 3 is 2.83 bits per heavy atom. The summed E-state index contributed by atoms with van der Waals surface area (Å²) >= 11 is 0. The van der Waals surface area contributed by atoms with Crippen molar-refractivity contribution >= 4 is 12.1 Å². The zero-order chi connectivity index (χ0) is 20.1. The van der Waals surface area contributed by atoms with Crippen LogP contribution in [0.15, 0.2) is 35.8 Å². The molecule has 0 aromatic rings. The Labute approximate surface area is 170 Å². The van der Waals surface area contributed by atoms with Crippen LogP contribution >= 0.6 is 0 Å². The number of hydrogen-bond donors (Lipinski definition) is 2. The highest BCUT2D eigenvalue weighted by atomic mass is 16.6. The summed E-state index contributed by atoms with van der Waals surface area (Å²) in [6, 6.07) is -0.0415. The zero-order valence-corrected chi connectivity index (χ0v) is 16.8. The number of nitrogens with one attached hydrogen (secondary N) is 2. The van der Waals surface area contributed by atoms with Gasteiger partial charge < -0.3 is 25.0 Å². The molecular weight excluding hydrogens is 372 g/mol. The fourth-order valence-electron chi connectivity index (χ4n) is 4.77. The van der Waals surface area contributed by atoms with E-state index >= 15 is 0 Å². The Balaban J connectivity index is 1.06. The second-order valence-corrected chi connectivity index (χ2v) is 9.13. The smallest absolute Gasteiger partial charge is 0.410 e. The van der Waals surface area contributed by atoms with Gasteiger partial charge in [0.2, 0.25) is 0 Å². The minimum Gasteiger partial charge on any atom is -0.438 e. The van der Waals surface area contributed by atoms with E-state index in [0.717, 1.165) is 43.5 Å². The Bertz CT molecular complexity index is 805. The monoisotopic (exact) mass is 400 g/mol. The third-order valence-corrected chi connectivity index (χ3v) is 6.91. The first-order valence-electron chi connectivity index (χ1n) is 10.4. The molecule has 1 atom stereocenters. The van der Waals surface area contributed by atoms with Crippen molar-refractivity contribution < 1.29 is 19.1 Å². The van der Waals surface area contributed by atoms with Crippen LogP contribution < -0.4 is 10.6 Å². The minimum atomic E-state index is -0.455. The van der Waals surface area contributed by atoms with E-state index in [-0.39, 0.29) is 17.5 Å². The molecule has 3 fully saturated rings. The summed E-state index contributed by atoms with van der Waals surface area (Å²) in [6.45, 7) is 5.64. The largest absolute Gasteiger partial charge is 0.438 e. The summed E-state index contributed by atoms with van der Waals surface area (Å²) in [6.07, 6.45) is 10.5. The fraction of sp³-hybridized carbons (Fsp3) is 0.619. The van der Waals surface area contributed by atoms with Crippen molar-refractivity contribution in [3.05, 3.63) is 35.8 Å². The molecule has 1 saturated carbocycles. The lowest BCUT2D eigenvalue weighted by molar-refractivity contribution is -0.172. The summed E-state index contributed by atoms with van der Waals surface area (Å²) in [4.78, 5) is 28.4. The molecular formula is C21H28N4O4. The van der Waals surface area contributed by atoms with Gasteiger partial charge in [0.15, 0.2) is 5.60 Å². The van der Waals surface area contributed by atoms with Crippen molar-refractivity contribution in [3.8, 4) is 0 Å². The quantitative estimate of drug-likeness (QED) is 0.756. The third kappa shape index (κ3) is 3.50. The van der Waals surface area contributed by atoms with Gasteiger partial charge in [0.05, 0.1) is 19.8 Å². The highest BCUT2D eigenvalue weighted by molar-refractivity contribution is 5.77. The lowest BCUT2D eigenvalue weighted by Gasteiger charge is -2.40. The highest BCUT2D eigenvalue weighted by Gasteiger charge is 2.55. The Kier molecular flexibility index (Phi) is 4.34. The molecule has 1 spiro atoms. The van der Waals surface area contributed by atoms with E-state index in [9.17, 15) is 9.59 Å². The number of likely N-dealkylation sites (tertiary alicyclic amines) is 1. The van der Waals surface area contributed by atoms with Crippen LogP contribution in [0.25, 0.3) is 0 Å². The number of ether oxygens (including phenoxy) is 2. The standard InChI is InChI=1S/C21H28N4O4/c1-20(13-28-14-20)29-19(27)24-6-3-21(4-7-24)8-17(21)10-23-18(26)25-11-15-2-5-22-9-16(15)12-25/h2,5,9,11,17,22H,3-4,6-8,10,12-14H2,1H3,(H,23,26). The summed E-state index contributed by atoms with van der Waals surface area (Å²) in [5.41, 5.74) is 2.04. The van der Waals surface area contributed by atoms with E-state index in [4.69, 9.17) is 9.47 Å². The topological polar surface area (TPSA) is 83.1 Å². The highest BCUT2D eigenvalue weighted by Crippen LogP contribution is 2.59. The maximum absolute atomic E-state index is 12.5. The SMILES string of the molecule is CC1(OC(=O)N2CCC3(CC2)CC3CNC(=O)N2C=C3C=CNC=C3C2)COC1. The van der Waals surface area contributed by atoms with Crippen LogP contribution in [0.1, 0.15) is 26.2 Å². The van der Waals surface area contributed by atoms with Gasteiger partial charge in [-0.25, -0.2) is 9.59 Å². The maximum atomic E-state index is 12.5. The number of carbonyl (C=O) groups is 2. The predicted molar refractivity (Wildman–Crippen MR) is 106 cm³/mol. The maximum Gasteiger partial charge on any atom is 0.410 e. The van der Waals surface area contributed by atoms with Crippen LogP contribution in [-0.4, -0.2) is 66.9 Å². The van der Waals surface area contributed by atoms with Gasteiger partial charge in [0.25, 0.3) is 0 Å². The molecule has 0 radical (unpaired) electrons. The summed E-state index contributed by atoms with van der Waals surface area (Å²) in [5, 5.41) is 6.16. The molecule has 156 valence electrons. The molecule has 2 saturated heterocycles. The number of urea groups is 1. The number of hydrogen-bond acceptors (Lipinski definition) is 5. The number of nitrogens with zero attached hydrogens (tertiary/aromatic N) is 2. The number of dihydropyridines is 1. The van der Waals surface area contributed by atoms with Crippen LogP contribution in [0, 0.1) is 11.3 Å². The molecule has 5 aliphatic rings. The summed E-state index contributed by atoms with van der Waals surface area (Å²) < 4.78 is 10.7. The van der Waals surface area contributed by atoms with E-state index in [2.05, 4.69) is 10.6 Å². The zero-order valence-electron chi connectivity index (χ0n) is 16.8. The molecule has 0 aromatic carbocycles. The number of fused-ring (bicyclic) bond motifs is 1. The van der Waals surface area contributed by atoms with Crippen LogP contribution in [0.3, 0.4) is 0 Å².